The molecule has 0 saturated heterocycles. The number of Topliss-reactive ketones (excluding diaryl/α,β-unsaturated/α-hetero) is 1. The van der Waals surface area contributed by atoms with Crippen LogP contribution in [0.5, 0.6) is 0 Å². The molecule has 0 aromatic carbocycles. The molecule has 0 aromatic rings. The molecule has 0 aliphatic rings. The van der Waals surface area contributed by atoms with Gasteiger partial charge in [0, 0.05) is 12.5 Å². The molecular formula is C19H38N2O3. The van der Waals surface area contributed by atoms with Gasteiger partial charge in [-0.25, -0.2) is 0 Å². The summed E-state index contributed by atoms with van der Waals surface area (Å²) in [5, 5.41) is 6.63. The van der Waals surface area contributed by atoms with Gasteiger partial charge in [0.05, 0.1) is 11.6 Å². The molecular weight excluding hydrogens is 304 g/mol. The van der Waals surface area contributed by atoms with E-state index in [1.54, 1.807) is 0 Å². The van der Waals surface area contributed by atoms with E-state index in [-0.39, 0.29) is 30.3 Å². The number of unbranched alkanes of at least 4 members (excludes halogenated alkanes) is 1. The SMILES string of the molecule is CCCCNC(C)(C)C(=O)[C@H](CCC(=O)OC(C)(C)C)NC(C)C. The number of ketones is 1. The summed E-state index contributed by atoms with van der Waals surface area (Å²) in [6, 6.07) is -0.189. The molecule has 1 atom stereocenters. The highest BCUT2D eigenvalue weighted by Gasteiger charge is 2.33. The highest BCUT2D eigenvalue weighted by molar-refractivity contribution is 5.92. The molecule has 0 saturated carbocycles. The first-order chi connectivity index (χ1) is 10.9. The van der Waals surface area contributed by atoms with Gasteiger partial charge >= 0.3 is 5.97 Å². The van der Waals surface area contributed by atoms with Gasteiger partial charge in [-0.1, -0.05) is 27.2 Å². The van der Waals surface area contributed by atoms with Crippen molar-refractivity contribution < 1.29 is 14.3 Å². The van der Waals surface area contributed by atoms with Crippen LogP contribution in [-0.2, 0) is 14.3 Å². The fourth-order valence-corrected chi connectivity index (χ4v) is 2.45. The predicted octanol–water partition coefficient (Wildman–Crippen LogP) is 3.21. The minimum atomic E-state index is -0.615. The second kappa shape index (κ2) is 10.1. The van der Waals surface area contributed by atoms with E-state index < -0.39 is 11.1 Å². The summed E-state index contributed by atoms with van der Waals surface area (Å²) in [7, 11) is 0. The van der Waals surface area contributed by atoms with Crippen LogP contribution in [0.1, 0.15) is 81.1 Å². The van der Waals surface area contributed by atoms with Crippen LogP contribution in [0.15, 0.2) is 0 Å². The monoisotopic (exact) mass is 342 g/mol. The summed E-state index contributed by atoms with van der Waals surface area (Å²) in [5.74, 6) is -0.168. The highest BCUT2D eigenvalue weighted by atomic mass is 16.6. The molecule has 5 heteroatoms. The smallest absolute Gasteiger partial charge is 0.306 e. The average Bonchev–Trinajstić information content (AvgIpc) is 2.40. The van der Waals surface area contributed by atoms with E-state index in [1.165, 1.54) is 0 Å². The molecule has 0 heterocycles. The van der Waals surface area contributed by atoms with Crippen molar-refractivity contribution in [2.45, 2.75) is 104 Å². The van der Waals surface area contributed by atoms with E-state index in [2.05, 4.69) is 17.6 Å². The first-order valence-electron chi connectivity index (χ1n) is 9.16. The summed E-state index contributed by atoms with van der Waals surface area (Å²) in [4.78, 5) is 24.9. The third-order valence-corrected chi connectivity index (χ3v) is 3.62. The van der Waals surface area contributed by atoms with Gasteiger partial charge in [0.2, 0.25) is 0 Å². The van der Waals surface area contributed by atoms with Gasteiger partial charge in [-0.05, 0) is 54.0 Å². The van der Waals surface area contributed by atoms with Crippen molar-refractivity contribution in [1.82, 2.24) is 10.6 Å². The molecule has 0 rings (SSSR count). The van der Waals surface area contributed by atoms with Gasteiger partial charge in [0.15, 0.2) is 5.78 Å². The fourth-order valence-electron chi connectivity index (χ4n) is 2.45. The maximum Gasteiger partial charge on any atom is 0.306 e. The molecule has 0 radical (unpaired) electrons. The minimum Gasteiger partial charge on any atom is -0.460 e. The molecule has 0 aromatic heterocycles. The predicted molar refractivity (Wildman–Crippen MR) is 99.1 cm³/mol. The Morgan fingerprint density at radius 1 is 1.08 bits per heavy atom. The van der Waals surface area contributed by atoms with E-state index in [4.69, 9.17) is 4.74 Å². The Labute approximate surface area is 148 Å². The van der Waals surface area contributed by atoms with Crippen molar-refractivity contribution >= 4 is 11.8 Å². The van der Waals surface area contributed by atoms with Crippen LogP contribution in [0, 0.1) is 0 Å². The minimum absolute atomic E-state index is 0.0934. The molecule has 2 N–H and O–H groups in total. The van der Waals surface area contributed by atoms with Crippen LogP contribution < -0.4 is 10.6 Å². The van der Waals surface area contributed by atoms with Gasteiger partial charge in [0.25, 0.3) is 0 Å². The summed E-state index contributed by atoms with van der Waals surface area (Å²) < 4.78 is 5.34. The maximum absolute atomic E-state index is 12.9. The van der Waals surface area contributed by atoms with Crippen molar-refractivity contribution in [1.29, 1.82) is 0 Å². The number of carbonyl (C=O) groups excluding carboxylic acids is 2. The highest BCUT2D eigenvalue weighted by Crippen LogP contribution is 2.15. The molecule has 142 valence electrons. The van der Waals surface area contributed by atoms with Crippen LogP contribution in [0.2, 0.25) is 0 Å². The van der Waals surface area contributed by atoms with Crippen molar-refractivity contribution in [3.05, 3.63) is 0 Å². The first-order valence-corrected chi connectivity index (χ1v) is 9.16. The van der Waals surface area contributed by atoms with E-state index in [1.807, 2.05) is 48.5 Å². The zero-order valence-corrected chi connectivity index (χ0v) is 16.9. The van der Waals surface area contributed by atoms with Gasteiger partial charge in [-0.2, -0.15) is 0 Å². The van der Waals surface area contributed by atoms with Crippen LogP contribution in [-0.4, -0.2) is 41.5 Å². The van der Waals surface area contributed by atoms with Crippen molar-refractivity contribution in [2.75, 3.05) is 6.54 Å². The van der Waals surface area contributed by atoms with Crippen LogP contribution in [0.25, 0.3) is 0 Å². The molecule has 0 fully saturated rings. The molecule has 0 bridgehead atoms. The molecule has 0 spiro atoms. The Bertz CT molecular complexity index is 398. The summed E-state index contributed by atoms with van der Waals surface area (Å²) in [6.45, 7) is 16.3. The van der Waals surface area contributed by atoms with E-state index >= 15 is 0 Å². The van der Waals surface area contributed by atoms with Crippen molar-refractivity contribution in [2.24, 2.45) is 0 Å². The first kappa shape index (κ1) is 23.1. The van der Waals surface area contributed by atoms with Gasteiger partial charge in [-0.3, -0.25) is 9.59 Å². The lowest BCUT2D eigenvalue weighted by Gasteiger charge is -2.31. The number of ether oxygens (including phenoxy) is 1. The van der Waals surface area contributed by atoms with Crippen molar-refractivity contribution in [3.8, 4) is 0 Å². The quantitative estimate of drug-likeness (QED) is 0.446. The van der Waals surface area contributed by atoms with Gasteiger partial charge in [-0.15, -0.1) is 0 Å². The number of rotatable bonds is 11. The lowest BCUT2D eigenvalue weighted by atomic mass is 9.90. The third-order valence-electron chi connectivity index (χ3n) is 3.62. The number of hydrogen-bond acceptors (Lipinski definition) is 5. The number of nitrogens with one attached hydrogen (secondary N) is 2. The number of hydrogen-bond donors (Lipinski definition) is 2. The molecule has 24 heavy (non-hydrogen) atoms. The third kappa shape index (κ3) is 10.0. The van der Waals surface area contributed by atoms with Crippen molar-refractivity contribution in [3.63, 3.8) is 0 Å². The van der Waals surface area contributed by atoms with Crippen LogP contribution >= 0.6 is 0 Å². The van der Waals surface area contributed by atoms with Gasteiger partial charge in [0.1, 0.15) is 5.60 Å². The molecule has 0 amide bonds. The Kier molecular flexibility index (Phi) is 9.74. The zero-order valence-electron chi connectivity index (χ0n) is 16.9. The lowest BCUT2D eigenvalue weighted by Crippen LogP contribution is -2.56. The maximum atomic E-state index is 12.9. The molecule has 0 aliphatic heterocycles. The second-order valence-electron chi connectivity index (χ2n) is 8.27. The number of carbonyl (C=O) groups is 2. The second-order valence-corrected chi connectivity index (χ2v) is 8.27. The Hall–Kier alpha value is -0.940. The molecule has 0 aliphatic carbocycles. The Balaban J connectivity index is 4.80. The fraction of sp³-hybridized carbons (Fsp3) is 0.895. The molecule has 5 nitrogen and oxygen atoms in total. The summed E-state index contributed by atoms with van der Waals surface area (Å²) >= 11 is 0. The number of esters is 1. The molecule has 0 unspecified atom stereocenters. The topological polar surface area (TPSA) is 67.4 Å². The summed E-state index contributed by atoms with van der Waals surface area (Å²) in [6.07, 6.45) is 2.81. The Morgan fingerprint density at radius 3 is 2.12 bits per heavy atom. The largest absolute Gasteiger partial charge is 0.460 e. The van der Waals surface area contributed by atoms with E-state index in [9.17, 15) is 9.59 Å². The Morgan fingerprint density at radius 2 is 1.67 bits per heavy atom. The average molecular weight is 343 g/mol. The zero-order chi connectivity index (χ0) is 19.0. The van der Waals surface area contributed by atoms with E-state index in [0.717, 1.165) is 19.4 Å². The normalized spacial score (nSPS) is 13.9. The van der Waals surface area contributed by atoms with E-state index in [0.29, 0.717) is 6.42 Å². The van der Waals surface area contributed by atoms with Gasteiger partial charge < -0.3 is 15.4 Å². The standard InChI is InChI=1S/C19H38N2O3/c1-9-10-13-20-19(7,8)17(23)15(21-14(2)3)11-12-16(22)24-18(4,5)6/h14-15,20-21H,9-13H2,1-8H3/t15-/m0/s1. The lowest BCUT2D eigenvalue weighted by molar-refractivity contribution is -0.155. The van der Waals surface area contributed by atoms with Crippen LogP contribution in [0.3, 0.4) is 0 Å². The van der Waals surface area contributed by atoms with Crippen LogP contribution in [0.4, 0.5) is 0 Å². The summed E-state index contributed by atoms with van der Waals surface area (Å²) in [5.41, 5.74) is -1.11.